The van der Waals surface area contributed by atoms with Gasteiger partial charge < -0.3 is 10.6 Å². The van der Waals surface area contributed by atoms with Crippen molar-refractivity contribution in [3.63, 3.8) is 0 Å². The Labute approximate surface area is 107 Å². The monoisotopic (exact) mass is 241 g/mol. The highest BCUT2D eigenvalue weighted by Gasteiger charge is 2.33. The fourth-order valence-electron chi connectivity index (χ4n) is 3.05. The summed E-state index contributed by atoms with van der Waals surface area (Å²) in [4.78, 5) is 5.18. The molecule has 0 saturated carbocycles. The van der Waals surface area contributed by atoms with Gasteiger partial charge in [0.15, 0.2) is 0 Å². The lowest BCUT2D eigenvalue weighted by molar-refractivity contribution is 0.0344. The van der Waals surface area contributed by atoms with Gasteiger partial charge in [-0.1, -0.05) is 20.8 Å². The van der Waals surface area contributed by atoms with E-state index in [1.165, 1.54) is 45.6 Å². The van der Waals surface area contributed by atoms with Crippen LogP contribution in [0.4, 0.5) is 0 Å². The van der Waals surface area contributed by atoms with E-state index in [1.54, 1.807) is 0 Å². The van der Waals surface area contributed by atoms with Gasteiger partial charge in [-0.15, -0.1) is 0 Å². The quantitative estimate of drug-likeness (QED) is 0.769. The highest BCUT2D eigenvalue weighted by Crippen LogP contribution is 2.24. The predicted molar refractivity (Wildman–Crippen MR) is 75.2 cm³/mol. The molecule has 17 heavy (non-hydrogen) atoms. The summed E-state index contributed by atoms with van der Waals surface area (Å²) < 4.78 is 0. The third kappa shape index (κ3) is 4.23. The molecule has 1 aliphatic rings. The zero-order chi connectivity index (χ0) is 12.9. The molecule has 0 aromatic carbocycles. The number of rotatable bonds is 6. The van der Waals surface area contributed by atoms with Gasteiger partial charge >= 0.3 is 0 Å². The summed E-state index contributed by atoms with van der Waals surface area (Å²) in [5.74, 6) is 0.720. The van der Waals surface area contributed by atoms with Crippen molar-refractivity contribution in [1.29, 1.82) is 0 Å². The van der Waals surface area contributed by atoms with Crippen LogP contribution in [0, 0.1) is 5.92 Å². The molecule has 1 heterocycles. The van der Waals surface area contributed by atoms with Crippen LogP contribution in [-0.2, 0) is 0 Å². The van der Waals surface area contributed by atoms with Crippen LogP contribution in [0.15, 0.2) is 0 Å². The van der Waals surface area contributed by atoms with E-state index in [1.807, 2.05) is 0 Å². The SMILES string of the molecule is CCCN1CCN(C(C)(CN)CC(C)C)CC1. The topological polar surface area (TPSA) is 32.5 Å². The van der Waals surface area contributed by atoms with E-state index < -0.39 is 0 Å². The van der Waals surface area contributed by atoms with Crippen molar-refractivity contribution >= 4 is 0 Å². The lowest BCUT2D eigenvalue weighted by atomic mass is 9.88. The third-order valence-corrected chi connectivity index (χ3v) is 3.96. The molecule has 102 valence electrons. The van der Waals surface area contributed by atoms with E-state index in [0.717, 1.165) is 12.5 Å². The molecule has 1 atom stereocenters. The first-order valence-corrected chi connectivity index (χ1v) is 7.19. The number of hydrogen-bond donors (Lipinski definition) is 1. The average molecular weight is 241 g/mol. The van der Waals surface area contributed by atoms with Crippen molar-refractivity contribution < 1.29 is 0 Å². The molecule has 3 nitrogen and oxygen atoms in total. The Morgan fingerprint density at radius 1 is 1.18 bits per heavy atom. The van der Waals surface area contributed by atoms with Crippen molar-refractivity contribution in [2.75, 3.05) is 39.3 Å². The van der Waals surface area contributed by atoms with Gasteiger partial charge in [0.05, 0.1) is 0 Å². The van der Waals surface area contributed by atoms with Gasteiger partial charge in [-0.3, -0.25) is 4.90 Å². The van der Waals surface area contributed by atoms with Gasteiger partial charge in [0.1, 0.15) is 0 Å². The normalized spacial score (nSPS) is 22.9. The Morgan fingerprint density at radius 2 is 1.76 bits per heavy atom. The molecule has 3 heteroatoms. The summed E-state index contributed by atoms with van der Waals surface area (Å²) in [5, 5.41) is 0. The van der Waals surface area contributed by atoms with Crippen LogP contribution in [0.1, 0.15) is 40.5 Å². The standard InChI is InChI=1S/C14H31N3/c1-5-6-16-7-9-17(10-8-16)14(4,12-15)11-13(2)3/h13H,5-12,15H2,1-4H3. The second kappa shape index (κ2) is 6.72. The highest BCUT2D eigenvalue weighted by molar-refractivity contribution is 4.91. The second-order valence-electron chi connectivity index (χ2n) is 6.13. The molecule has 1 aliphatic heterocycles. The Bertz CT molecular complexity index is 210. The summed E-state index contributed by atoms with van der Waals surface area (Å²) in [6.45, 7) is 16.0. The van der Waals surface area contributed by atoms with Gasteiger partial charge in [0, 0.05) is 38.3 Å². The van der Waals surface area contributed by atoms with Crippen LogP contribution in [-0.4, -0.2) is 54.6 Å². The minimum atomic E-state index is 0.201. The molecule has 0 spiro atoms. The van der Waals surface area contributed by atoms with Crippen LogP contribution in [0.25, 0.3) is 0 Å². The molecule has 2 N–H and O–H groups in total. The molecule has 0 amide bonds. The summed E-state index contributed by atoms with van der Waals surface area (Å²) >= 11 is 0. The molecule has 1 rings (SSSR count). The lowest BCUT2D eigenvalue weighted by Gasteiger charge is -2.46. The van der Waals surface area contributed by atoms with Crippen molar-refractivity contribution in [2.45, 2.75) is 46.1 Å². The molecule has 1 fully saturated rings. The molecule has 1 saturated heterocycles. The Balaban J connectivity index is 2.49. The molecule has 0 aliphatic carbocycles. The molecule has 1 unspecified atom stereocenters. The maximum atomic E-state index is 6.02. The van der Waals surface area contributed by atoms with E-state index in [-0.39, 0.29) is 5.54 Å². The molecule has 0 radical (unpaired) electrons. The average Bonchev–Trinajstić information content (AvgIpc) is 2.29. The van der Waals surface area contributed by atoms with Crippen molar-refractivity contribution in [2.24, 2.45) is 11.7 Å². The van der Waals surface area contributed by atoms with Crippen LogP contribution >= 0.6 is 0 Å². The van der Waals surface area contributed by atoms with E-state index in [4.69, 9.17) is 5.73 Å². The minimum Gasteiger partial charge on any atom is -0.329 e. The number of nitrogens with zero attached hydrogens (tertiary/aromatic N) is 2. The van der Waals surface area contributed by atoms with Gasteiger partial charge in [0.2, 0.25) is 0 Å². The van der Waals surface area contributed by atoms with Crippen LogP contribution in [0.2, 0.25) is 0 Å². The van der Waals surface area contributed by atoms with Crippen LogP contribution in [0.3, 0.4) is 0 Å². The molecular weight excluding hydrogens is 210 g/mol. The smallest absolute Gasteiger partial charge is 0.0307 e. The van der Waals surface area contributed by atoms with E-state index >= 15 is 0 Å². The Hall–Kier alpha value is -0.120. The Morgan fingerprint density at radius 3 is 2.18 bits per heavy atom. The highest BCUT2D eigenvalue weighted by atomic mass is 15.3. The van der Waals surface area contributed by atoms with Gasteiger partial charge in [-0.05, 0) is 32.2 Å². The van der Waals surface area contributed by atoms with Gasteiger partial charge in [0.25, 0.3) is 0 Å². The Kier molecular flexibility index (Phi) is 5.90. The fourth-order valence-corrected chi connectivity index (χ4v) is 3.05. The summed E-state index contributed by atoms with van der Waals surface area (Å²) in [6.07, 6.45) is 2.47. The summed E-state index contributed by atoms with van der Waals surface area (Å²) in [6, 6.07) is 0. The maximum Gasteiger partial charge on any atom is 0.0307 e. The minimum absolute atomic E-state index is 0.201. The van der Waals surface area contributed by atoms with Crippen molar-refractivity contribution in [1.82, 2.24) is 9.80 Å². The zero-order valence-electron chi connectivity index (χ0n) is 12.2. The summed E-state index contributed by atoms with van der Waals surface area (Å²) in [7, 11) is 0. The number of nitrogens with two attached hydrogens (primary N) is 1. The predicted octanol–water partition coefficient (Wildman–Crippen LogP) is 1.78. The molecule has 0 aromatic heterocycles. The largest absolute Gasteiger partial charge is 0.329 e. The van der Waals surface area contributed by atoms with Gasteiger partial charge in [-0.25, -0.2) is 0 Å². The van der Waals surface area contributed by atoms with E-state index in [2.05, 4.69) is 37.5 Å². The van der Waals surface area contributed by atoms with Crippen molar-refractivity contribution in [3.05, 3.63) is 0 Å². The van der Waals surface area contributed by atoms with Crippen LogP contribution < -0.4 is 5.73 Å². The van der Waals surface area contributed by atoms with Crippen molar-refractivity contribution in [3.8, 4) is 0 Å². The molecule has 0 bridgehead atoms. The summed E-state index contributed by atoms with van der Waals surface area (Å²) in [5.41, 5.74) is 6.23. The fraction of sp³-hybridized carbons (Fsp3) is 1.00. The second-order valence-corrected chi connectivity index (χ2v) is 6.13. The first kappa shape index (κ1) is 14.9. The van der Waals surface area contributed by atoms with E-state index in [9.17, 15) is 0 Å². The van der Waals surface area contributed by atoms with Gasteiger partial charge in [-0.2, -0.15) is 0 Å². The first-order valence-electron chi connectivity index (χ1n) is 7.19. The zero-order valence-corrected chi connectivity index (χ0v) is 12.2. The lowest BCUT2D eigenvalue weighted by Crippen LogP contribution is -2.59. The molecule has 0 aromatic rings. The first-order chi connectivity index (χ1) is 8.01. The molecular formula is C14H31N3. The maximum absolute atomic E-state index is 6.02. The number of piperazine rings is 1. The number of hydrogen-bond acceptors (Lipinski definition) is 3. The van der Waals surface area contributed by atoms with E-state index in [0.29, 0.717) is 0 Å². The third-order valence-electron chi connectivity index (χ3n) is 3.96. The van der Waals surface area contributed by atoms with Crippen LogP contribution in [0.5, 0.6) is 0 Å².